The van der Waals surface area contributed by atoms with Crippen LogP contribution in [0.4, 0.5) is 0 Å². The number of rotatable bonds is 7. The van der Waals surface area contributed by atoms with Crippen molar-refractivity contribution in [2.75, 3.05) is 20.8 Å². The van der Waals surface area contributed by atoms with Crippen molar-refractivity contribution >= 4 is 26.0 Å². The topological polar surface area (TPSA) is 64.6 Å². The molecule has 0 spiro atoms. The molecule has 0 saturated heterocycles. The van der Waals surface area contributed by atoms with Crippen LogP contribution in [0.25, 0.3) is 0 Å². The van der Waals surface area contributed by atoms with Gasteiger partial charge in [-0.1, -0.05) is 15.9 Å². The van der Waals surface area contributed by atoms with Gasteiger partial charge in [-0.2, -0.15) is 0 Å². The Bertz CT molecular complexity index is 760. The lowest BCUT2D eigenvalue weighted by molar-refractivity contribution is 0.409. The van der Waals surface area contributed by atoms with Gasteiger partial charge < -0.3 is 9.47 Å². The first kappa shape index (κ1) is 17.8. The third kappa shape index (κ3) is 4.70. The van der Waals surface area contributed by atoms with Crippen LogP contribution in [0.15, 0.2) is 51.8 Å². The molecule has 0 aliphatic heterocycles. The van der Waals surface area contributed by atoms with Gasteiger partial charge in [0.15, 0.2) is 0 Å². The van der Waals surface area contributed by atoms with Gasteiger partial charge >= 0.3 is 0 Å². The Kier molecular flexibility index (Phi) is 6.04. The molecule has 0 aliphatic rings. The Morgan fingerprint density at radius 3 is 2.35 bits per heavy atom. The summed E-state index contributed by atoms with van der Waals surface area (Å²) in [4.78, 5) is 0.208. The highest BCUT2D eigenvalue weighted by Gasteiger charge is 2.14. The second kappa shape index (κ2) is 7.81. The molecule has 2 rings (SSSR count). The first-order valence-corrected chi connectivity index (χ1v) is 9.20. The fraction of sp³-hybridized carbons (Fsp3) is 0.250. The van der Waals surface area contributed by atoms with Crippen molar-refractivity contribution in [2.45, 2.75) is 11.3 Å². The summed E-state index contributed by atoms with van der Waals surface area (Å²) in [6.07, 6.45) is 0.526. The van der Waals surface area contributed by atoms with E-state index in [4.69, 9.17) is 9.47 Å². The molecule has 124 valence electrons. The SMILES string of the molecule is COc1ccc(S(=O)(=O)NCCc2cc(Br)ccc2OC)cc1. The van der Waals surface area contributed by atoms with E-state index in [0.29, 0.717) is 12.2 Å². The maximum atomic E-state index is 12.3. The highest BCUT2D eigenvalue weighted by molar-refractivity contribution is 9.10. The average Bonchev–Trinajstić information content (AvgIpc) is 2.55. The molecule has 0 saturated carbocycles. The molecule has 0 bridgehead atoms. The lowest BCUT2D eigenvalue weighted by Crippen LogP contribution is -2.26. The van der Waals surface area contributed by atoms with Crippen LogP contribution < -0.4 is 14.2 Å². The summed E-state index contributed by atoms with van der Waals surface area (Å²) in [6.45, 7) is 0.279. The highest BCUT2D eigenvalue weighted by Crippen LogP contribution is 2.23. The number of nitrogens with one attached hydrogen (secondary N) is 1. The Hall–Kier alpha value is -1.57. The van der Waals surface area contributed by atoms with Gasteiger partial charge in [0.2, 0.25) is 10.0 Å². The zero-order valence-electron chi connectivity index (χ0n) is 12.9. The predicted molar refractivity (Wildman–Crippen MR) is 92.6 cm³/mol. The average molecular weight is 400 g/mol. The van der Waals surface area contributed by atoms with Crippen LogP contribution in [0.3, 0.4) is 0 Å². The number of hydrogen-bond donors (Lipinski definition) is 1. The monoisotopic (exact) mass is 399 g/mol. The molecular weight excluding hydrogens is 382 g/mol. The summed E-state index contributed by atoms with van der Waals surface area (Å²) in [7, 11) is -0.417. The van der Waals surface area contributed by atoms with Crippen LogP contribution in [-0.4, -0.2) is 29.2 Å². The fourth-order valence-corrected chi connectivity index (χ4v) is 3.54. The summed E-state index contributed by atoms with van der Waals surface area (Å²) in [5.74, 6) is 1.35. The van der Waals surface area contributed by atoms with Crippen molar-refractivity contribution in [3.8, 4) is 11.5 Å². The molecule has 23 heavy (non-hydrogen) atoms. The van der Waals surface area contributed by atoms with Gasteiger partial charge in [0.05, 0.1) is 19.1 Å². The maximum Gasteiger partial charge on any atom is 0.240 e. The van der Waals surface area contributed by atoms with E-state index in [1.54, 1.807) is 19.2 Å². The molecule has 7 heteroatoms. The Morgan fingerprint density at radius 1 is 1.04 bits per heavy atom. The molecule has 0 radical (unpaired) electrons. The second-order valence-electron chi connectivity index (χ2n) is 4.78. The standard InChI is InChI=1S/C16H18BrNO4S/c1-21-14-4-6-15(7-5-14)23(19,20)18-10-9-12-11-13(17)3-8-16(12)22-2/h3-8,11,18H,9-10H2,1-2H3. The molecule has 0 amide bonds. The third-order valence-corrected chi connectivity index (χ3v) is 5.27. The first-order chi connectivity index (χ1) is 11.0. The molecule has 2 aromatic carbocycles. The molecular formula is C16H18BrNO4S. The number of methoxy groups -OCH3 is 2. The smallest absolute Gasteiger partial charge is 0.240 e. The minimum absolute atomic E-state index is 0.208. The minimum atomic E-state index is -3.54. The zero-order valence-corrected chi connectivity index (χ0v) is 15.3. The highest BCUT2D eigenvalue weighted by atomic mass is 79.9. The van der Waals surface area contributed by atoms with E-state index >= 15 is 0 Å². The van der Waals surface area contributed by atoms with Gasteiger partial charge in [-0.05, 0) is 54.4 Å². The van der Waals surface area contributed by atoms with Gasteiger partial charge in [-0.25, -0.2) is 13.1 Å². The van der Waals surface area contributed by atoms with Gasteiger partial charge in [0, 0.05) is 11.0 Å². The third-order valence-electron chi connectivity index (χ3n) is 3.30. The van der Waals surface area contributed by atoms with Gasteiger partial charge in [-0.3, -0.25) is 0 Å². The molecule has 0 aliphatic carbocycles. The van der Waals surface area contributed by atoms with E-state index in [0.717, 1.165) is 15.8 Å². The maximum absolute atomic E-state index is 12.3. The van der Waals surface area contributed by atoms with Crippen LogP contribution in [0.5, 0.6) is 11.5 Å². The normalized spacial score (nSPS) is 11.3. The molecule has 0 atom stereocenters. The van der Waals surface area contributed by atoms with Crippen LogP contribution >= 0.6 is 15.9 Å². The Balaban J connectivity index is 2.03. The van der Waals surface area contributed by atoms with Crippen molar-refractivity contribution in [3.63, 3.8) is 0 Å². The quantitative estimate of drug-likeness (QED) is 0.776. The van der Waals surface area contributed by atoms with Crippen molar-refractivity contribution in [3.05, 3.63) is 52.5 Å². The van der Waals surface area contributed by atoms with Crippen molar-refractivity contribution in [1.29, 1.82) is 0 Å². The summed E-state index contributed by atoms with van der Waals surface area (Å²) in [6, 6.07) is 11.9. The molecule has 0 unspecified atom stereocenters. The lowest BCUT2D eigenvalue weighted by Gasteiger charge is -2.10. The van der Waals surface area contributed by atoms with E-state index in [1.165, 1.54) is 19.2 Å². The van der Waals surface area contributed by atoms with Crippen LogP contribution in [0, 0.1) is 0 Å². The summed E-state index contributed by atoms with van der Waals surface area (Å²) in [5.41, 5.74) is 0.930. The van der Waals surface area contributed by atoms with Gasteiger partial charge in [0.25, 0.3) is 0 Å². The Labute approximate surface area is 144 Å². The molecule has 5 nitrogen and oxygen atoms in total. The van der Waals surface area contributed by atoms with Crippen LogP contribution in [0.1, 0.15) is 5.56 Å². The first-order valence-electron chi connectivity index (χ1n) is 6.92. The number of ether oxygens (including phenoxy) is 2. The van der Waals surface area contributed by atoms with E-state index < -0.39 is 10.0 Å². The van der Waals surface area contributed by atoms with Crippen LogP contribution in [-0.2, 0) is 16.4 Å². The number of sulfonamides is 1. The minimum Gasteiger partial charge on any atom is -0.497 e. The van der Waals surface area contributed by atoms with Gasteiger partial charge in [0.1, 0.15) is 11.5 Å². The number of hydrogen-bond acceptors (Lipinski definition) is 4. The molecule has 0 aromatic heterocycles. The summed E-state index contributed by atoms with van der Waals surface area (Å²) >= 11 is 3.40. The van der Waals surface area contributed by atoms with Crippen molar-refractivity contribution in [2.24, 2.45) is 0 Å². The Morgan fingerprint density at radius 2 is 1.74 bits per heavy atom. The van der Waals surface area contributed by atoms with Gasteiger partial charge in [-0.15, -0.1) is 0 Å². The van der Waals surface area contributed by atoms with E-state index in [1.807, 2.05) is 18.2 Å². The molecule has 0 fully saturated rings. The summed E-state index contributed by atoms with van der Waals surface area (Å²) < 4.78 is 38.3. The zero-order chi connectivity index (χ0) is 16.9. The van der Waals surface area contributed by atoms with E-state index in [2.05, 4.69) is 20.7 Å². The largest absolute Gasteiger partial charge is 0.497 e. The second-order valence-corrected chi connectivity index (χ2v) is 7.46. The van der Waals surface area contributed by atoms with Crippen molar-refractivity contribution in [1.82, 2.24) is 4.72 Å². The molecule has 0 heterocycles. The van der Waals surface area contributed by atoms with E-state index in [9.17, 15) is 8.42 Å². The lowest BCUT2D eigenvalue weighted by atomic mass is 10.1. The van der Waals surface area contributed by atoms with Crippen molar-refractivity contribution < 1.29 is 17.9 Å². The fourth-order valence-electron chi connectivity index (χ4n) is 2.10. The predicted octanol–water partition coefficient (Wildman–Crippen LogP) is 2.99. The number of halogens is 1. The van der Waals surface area contributed by atoms with Crippen LogP contribution in [0.2, 0.25) is 0 Å². The number of benzene rings is 2. The molecule has 1 N–H and O–H groups in total. The summed E-state index contributed by atoms with van der Waals surface area (Å²) in [5, 5.41) is 0. The molecule has 2 aromatic rings. The van der Waals surface area contributed by atoms with E-state index in [-0.39, 0.29) is 11.4 Å².